The third kappa shape index (κ3) is 6.35. The smallest absolute Gasteiger partial charge is 0.363 e. The lowest BCUT2D eigenvalue weighted by atomic mass is 9.96. The van der Waals surface area contributed by atoms with E-state index in [0.29, 0.717) is 0 Å². The zero-order chi connectivity index (χ0) is 17.7. The first-order chi connectivity index (χ1) is 10.6. The fourth-order valence-corrected chi connectivity index (χ4v) is 4.17. The molecular formula is C18H31O4Si. The van der Waals surface area contributed by atoms with Gasteiger partial charge in [0.15, 0.2) is 12.6 Å². The van der Waals surface area contributed by atoms with Crippen LogP contribution in [0.15, 0.2) is 30.3 Å². The molecule has 1 rings (SSSR count). The highest BCUT2D eigenvalue weighted by molar-refractivity contribution is 6.61. The minimum absolute atomic E-state index is 0.146. The van der Waals surface area contributed by atoms with Gasteiger partial charge in [0.25, 0.3) is 0 Å². The van der Waals surface area contributed by atoms with Gasteiger partial charge >= 0.3 is 9.28 Å². The molecule has 0 aliphatic heterocycles. The fraction of sp³-hybridized carbons (Fsp3) is 0.667. The molecule has 5 heteroatoms. The van der Waals surface area contributed by atoms with Gasteiger partial charge in [0, 0.05) is 25.0 Å². The largest absolute Gasteiger partial charge is 0.427 e. The normalized spacial score (nSPS) is 15.7. The first-order valence-corrected chi connectivity index (χ1v) is 9.22. The van der Waals surface area contributed by atoms with Crippen molar-refractivity contribution in [3.8, 4) is 0 Å². The van der Waals surface area contributed by atoms with E-state index in [1.165, 1.54) is 0 Å². The van der Waals surface area contributed by atoms with Gasteiger partial charge in [-0.15, -0.1) is 0 Å². The maximum Gasteiger partial charge on any atom is 0.427 e. The molecule has 2 unspecified atom stereocenters. The van der Waals surface area contributed by atoms with E-state index in [-0.39, 0.29) is 23.4 Å². The molecule has 0 N–H and O–H groups in total. The standard InChI is InChI=1S/C18H31O4Si/c1-17(2,3)15(19-7)21-23(14-12-10-9-11-13-14)22-16(20-8)18(4,5)6/h9-13,15-16H,1-8H3. The molecule has 0 heterocycles. The molecule has 1 radical (unpaired) electrons. The molecule has 0 amide bonds. The predicted octanol–water partition coefficient (Wildman–Crippen LogP) is 3.45. The summed E-state index contributed by atoms with van der Waals surface area (Å²) in [6.45, 7) is 12.5. The minimum Gasteiger partial charge on any atom is -0.363 e. The summed E-state index contributed by atoms with van der Waals surface area (Å²) in [5.41, 5.74) is -0.291. The van der Waals surface area contributed by atoms with Crippen molar-refractivity contribution in [2.24, 2.45) is 10.8 Å². The summed E-state index contributed by atoms with van der Waals surface area (Å²) >= 11 is 0. The van der Waals surface area contributed by atoms with E-state index in [4.69, 9.17) is 18.3 Å². The molecule has 0 saturated heterocycles. The van der Waals surface area contributed by atoms with E-state index in [0.717, 1.165) is 5.19 Å². The molecule has 1 aromatic carbocycles. The number of methoxy groups -OCH3 is 2. The van der Waals surface area contributed by atoms with Crippen molar-refractivity contribution in [1.82, 2.24) is 0 Å². The van der Waals surface area contributed by atoms with Crippen LogP contribution in [0.2, 0.25) is 0 Å². The Morgan fingerprint density at radius 3 is 1.43 bits per heavy atom. The molecule has 1 aromatic rings. The third-order valence-corrected chi connectivity index (χ3v) is 4.94. The molecule has 4 nitrogen and oxygen atoms in total. The Bertz CT molecular complexity index is 426. The Balaban J connectivity index is 3.03. The third-order valence-electron chi connectivity index (χ3n) is 3.28. The highest BCUT2D eigenvalue weighted by atomic mass is 28.3. The molecule has 0 spiro atoms. The quantitative estimate of drug-likeness (QED) is 0.563. The van der Waals surface area contributed by atoms with Crippen LogP contribution in [0.4, 0.5) is 0 Å². The molecule has 0 bridgehead atoms. The number of hydrogen-bond acceptors (Lipinski definition) is 4. The van der Waals surface area contributed by atoms with Crippen molar-refractivity contribution >= 4 is 14.5 Å². The molecule has 131 valence electrons. The van der Waals surface area contributed by atoms with E-state index < -0.39 is 9.28 Å². The second-order valence-corrected chi connectivity index (χ2v) is 9.38. The first-order valence-electron chi connectivity index (χ1n) is 7.91. The zero-order valence-electron chi connectivity index (χ0n) is 15.7. The van der Waals surface area contributed by atoms with Gasteiger partial charge in [0.1, 0.15) is 0 Å². The van der Waals surface area contributed by atoms with Crippen molar-refractivity contribution in [2.45, 2.75) is 54.1 Å². The average Bonchev–Trinajstić information content (AvgIpc) is 2.45. The van der Waals surface area contributed by atoms with Gasteiger partial charge in [-0.3, -0.25) is 0 Å². The lowest BCUT2D eigenvalue weighted by Crippen LogP contribution is -2.49. The van der Waals surface area contributed by atoms with Crippen molar-refractivity contribution in [3.63, 3.8) is 0 Å². The van der Waals surface area contributed by atoms with Crippen LogP contribution in [0.3, 0.4) is 0 Å². The fourth-order valence-electron chi connectivity index (χ4n) is 2.09. The summed E-state index contributed by atoms with van der Waals surface area (Å²) in [4.78, 5) is 0. The Kier molecular flexibility index (Phi) is 7.42. The number of hydrogen-bond donors (Lipinski definition) is 0. The molecule has 2 atom stereocenters. The van der Waals surface area contributed by atoms with E-state index >= 15 is 0 Å². The van der Waals surface area contributed by atoms with Gasteiger partial charge in [-0.05, 0) is 5.19 Å². The summed E-state index contributed by atoms with van der Waals surface area (Å²) in [6.07, 6.45) is -0.705. The van der Waals surface area contributed by atoms with Gasteiger partial charge in [-0.25, -0.2) is 0 Å². The average molecular weight is 340 g/mol. The Labute approximate surface area is 142 Å². The van der Waals surface area contributed by atoms with Gasteiger partial charge in [0.2, 0.25) is 0 Å². The highest BCUT2D eigenvalue weighted by Gasteiger charge is 2.36. The van der Waals surface area contributed by atoms with Crippen LogP contribution in [-0.2, 0) is 18.3 Å². The second-order valence-electron chi connectivity index (χ2n) is 7.76. The summed E-state index contributed by atoms with van der Waals surface area (Å²) < 4.78 is 23.6. The SMILES string of the molecule is COC(O[Si](OC(OC)C(C)(C)C)c1ccccc1)C(C)(C)C. The molecule has 0 aliphatic rings. The van der Waals surface area contributed by atoms with E-state index in [1.54, 1.807) is 14.2 Å². The Morgan fingerprint density at radius 2 is 1.13 bits per heavy atom. The van der Waals surface area contributed by atoms with Crippen molar-refractivity contribution in [2.75, 3.05) is 14.2 Å². The van der Waals surface area contributed by atoms with Gasteiger partial charge < -0.3 is 18.3 Å². The maximum atomic E-state index is 6.26. The van der Waals surface area contributed by atoms with Gasteiger partial charge in [-0.1, -0.05) is 71.9 Å². The predicted molar refractivity (Wildman–Crippen MR) is 94.5 cm³/mol. The Hall–Kier alpha value is -0.723. The molecule has 0 aliphatic carbocycles. The lowest BCUT2D eigenvalue weighted by molar-refractivity contribution is -0.164. The first kappa shape index (κ1) is 20.3. The van der Waals surface area contributed by atoms with Crippen LogP contribution in [0.1, 0.15) is 41.5 Å². The van der Waals surface area contributed by atoms with Crippen LogP contribution in [0.25, 0.3) is 0 Å². The second kappa shape index (κ2) is 8.40. The van der Waals surface area contributed by atoms with Crippen LogP contribution < -0.4 is 5.19 Å². The highest BCUT2D eigenvalue weighted by Crippen LogP contribution is 2.26. The lowest BCUT2D eigenvalue weighted by Gasteiger charge is -2.35. The van der Waals surface area contributed by atoms with Crippen molar-refractivity contribution in [3.05, 3.63) is 30.3 Å². The van der Waals surface area contributed by atoms with Crippen LogP contribution >= 0.6 is 0 Å². The number of benzene rings is 1. The van der Waals surface area contributed by atoms with E-state index in [1.807, 2.05) is 30.3 Å². The number of rotatable bonds is 7. The van der Waals surface area contributed by atoms with Crippen molar-refractivity contribution < 1.29 is 18.3 Å². The summed E-state index contributed by atoms with van der Waals surface area (Å²) in [5, 5.41) is 1.04. The summed E-state index contributed by atoms with van der Waals surface area (Å²) in [6, 6.07) is 10.0. The molecular weight excluding hydrogens is 308 g/mol. The monoisotopic (exact) mass is 339 g/mol. The number of ether oxygens (including phenoxy) is 2. The van der Waals surface area contributed by atoms with Crippen LogP contribution in [0.5, 0.6) is 0 Å². The molecule has 23 heavy (non-hydrogen) atoms. The summed E-state index contributed by atoms with van der Waals surface area (Å²) in [7, 11) is 1.57. The molecule has 0 aromatic heterocycles. The maximum absolute atomic E-state index is 6.26. The molecule has 0 fully saturated rings. The summed E-state index contributed by atoms with van der Waals surface area (Å²) in [5.74, 6) is 0. The zero-order valence-corrected chi connectivity index (χ0v) is 16.7. The van der Waals surface area contributed by atoms with E-state index in [2.05, 4.69) is 41.5 Å². The van der Waals surface area contributed by atoms with Crippen LogP contribution in [0, 0.1) is 10.8 Å². The van der Waals surface area contributed by atoms with Gasteiger partial charge in [-0.2, -0.15) is 0 Å². The molecule has 0 saturated carbocycles. The van der Waals surface area contributed by atoms with Crippen LogP contribution in [-0.4, -0.2) is 36.1 Å². The van der Waals surface area contributed by atoms with E-state index in [9.17, 15) is 0 Å². The van der Waals surface area contributed by atoms with Gasteiger partial charge in [0.05, 0.1) is 0 Å². The topological polar surface area (TPSA) is 36.9 Å². The Morgan fingerprint density at radius 1 is 0.739 bits per heavy atom. The van der Waals surface area contributed by atoms with Crippen molar-refractivity contribution in [1.29, 1.82) is 0 Å². The minimum atomic E-state index is -1.76.